The second-order valence-corrected chi connectivity index (χ2v) is 13.7. The van der Waals surface area contributed by atoms with Crippen molar-refractivity contribution < 1.29 is 34.1 Å². The van der Waals surface area contributed by atoms with Gasteiger partial charge in [-0.2, -0.15) is 0 Å². The Balaban J connectivity index is 4.26. The molecule has 9 nitrogen and oxygen atoms in total. The van der Waals surface area contributed by atoms with Crippen molar-refractivity contribution in [2.75, 3.05) is 13.2 Å². The molecule has 0 radical (unpaired) electrons. The van der Waals surface area contributed by atoms with Crippen molar-refractivity contribution in [1.29, 1.82) is 0 Å². The van der Waals surface area contributed by atoms with Gasteiger partial charge in [-0.05, 0) is 89.5 Å². The lowest BCUT2D eigenvalue weighted by Crippen LogP contribution is -2.47. The maximum Gasteiger partial charge on any atom is 0.328 e. The number of rotatable bonds is 36. The van der Waals surface area contributed by atoms with Crippen LogP contribution in [0.5, 0.6) is 0 Å². The monoisotopic (exact) mass is 767 g/mol. The van der Waals surface area contributed by atoms with Gasteiger partial charge in [0.2, 0.25) is 11.8 Å². The van der Waals surface area contributed by atoms with Crippen molar-refractivity contribution in [1.82, 2.24) is 10.6 Å². The van der Waals surface area contributed by atoms with Gasteiger partial charge in [-0.25, -0.2) is 4.79 Å². The number of hydrogen-bond donors (Lipinski definition) is 4. The molecule has 9 heteroatoms. The van der Waals surface area contributed by atoms with Gasteiger partial charge in [0.25, 0.3) is 0 Å². The van der Waals surface area contributed by atoms with E-state index in [2.05, 4.69) is 103 Å². The summed E-state index contributed by atoms with van der Waals surface area (Å²) in [6.45, 7) is 3.26. The number of carboxylic acid groups (broad SMARTS) is 1. The highest BCUT2D eigenvalue weighted by molar-refractivity contribution is 5.87. The second kappa shape index (κ2) is 39.7. The van der Waals surface area contributed by atoms with Gasteiger partial charge in [-0.15, -0.1) is 0 Å². The van der Waals surface area contributed by atoms with Crippen molar-refractivity contribution in [2.24, 2.45) is 0 Å². The summed E-state index contributed by atoms with van der Waals surface area (Å²) in [4.78, 5) is 47.4. The van der Waals surface area contributed by atoms with E-state index in [1.54, 1.807) is 0 Å². The summed E-state index contributed by atoms with van der Waals surface area (Å²) in [5, 5.41) is 22.5. The molecule has 2 amide bonds. The van der Waals surface area contributed by atoms with Crippen LogP contribution in [-0.4, -0.2) is 59.3 Å². The van der Waals surface area contributed by atoms with Crippen LogP contribution in [-0.2, 0) is 23.9 Å². The molecule has 0 aromatic rings. The Morgan fingerprint density at radius 2 is 1.09 bits per heavy atom. The molecule has 0 fully saturated rings. The number of amides is 2. The summed E-state index contributed by atoms with van der Waals surface area (Å²) in [5.74, 6) is -2.46. The van der Waals surface area contributed by atoms with E-state index in [4.69, 9.17) is 14.9 Å². The molecule has 0 aliphatic rings. The van der Waals surface area contributed by atoms with Crippen LogP contribution < -0.4 is 10.6 Å². The fraction of sp³-hybridized carbons (Fsp3) is 0.609. The van der Waals surface area contributed by atoms with Crippen LogP contribution in [0.1, 0.15) is 155 Å². The Morgan fingerprint density at radius 1 is 0.582 bits per heavy atom. The molecule has 4 N–H and O–H groups in total. The highest BCUT2D eigenvalue weighted by Crippen LogP contribution is 2.14. The predicted molar refractivity (Wildman–Crippen MR) is 226 cm³/mol. The molecule has 0 spiro atoms. The van der Waals surface area contributed by atoms with Gasteiger partial charge in [0.1, 0.15) is 12.1 Å². The molecule has 0 aromatic carbocycles. The van der Waals surface area contributed by atoms with E-state index in [1.165, 1.54) is 12.8 Å². The van der Waals surface area contributed by atoms with E-state index < -0.39 is 24.5 Å². The number of hydrogen-bond acceptors (Lipinski definition) is 6. The largest absolute Gasteiger partial charge is 0.480 e. The third kappa shape index (κ3) is 36.8. The zero-order valence-electron chi connectivity index (χ0n) is 34.1. The predicted octanol–water partition coefficient (Wildman–Crippen LogP) is 10.1. The Labute approximate surface area is 333 Å². The Kier molecular flexibility index (Phi) is 36.8. The molecule has 0 saturated carbocycles. The number of aliphatic hydroxyl groups is 1. The first-order chi connectivity index (χ1) is 26.8. The summed E-state index contributed by atoms with van der Waals surface area (Å²) in [5.41, 5.74) is 0. The standard InChI is InChI=1S/C46H74N2O7/c1-3-5-7-9-11-12-13-14-15-16-17-18-19-20-21-22-23-24-26-28-34-38-45(52)55-41(35-31-27-25-10-8-6-4-2)36-32-29-30-33-37-43(50)47-39-44(51)48-42(40-49)46(53)54/h5,7,10-12,14-15,17-18,20-21,25,31,35,41-42,49H,3-4,6,8-9,13,16,19,22-24,26-30,32-34,36-40H2,1-2H3,(H,47,50)(H,48,51)(H,53,54)/b7-5-,12-11-,15-14-,18-17-,21-20-,25-10-,35-31-. The first-order valence-corrected chi connectivity index (χ1v) is 21.0. The molecule has 0 bridgehead atoms. The molecule has 2 atom stereocenters. The molecular formula is C46H74N2O7. The fourth-order valence-corrected chi connectivity index (χ4v) is 5.38. The lowest BCUT2D eigenvalue weighted by atomic mass is 10.1. The Bertz CT molecular complexity index is 1200. The van der Waals surface area contributed by atoms with Crippen LogP contribution >= 0.6 is 0 Å². The van der Waals surface area contributed by atoms with Gasteiger partial charge >= 0.3 is 11.9 Å². The third-order valence-corrected chi connectivity index (χ3v) is 8.61. The molecule has 0 aliphatic heterocycles. The highest BCUT2D eigenvalue weighted by Gasteiger charge is 2.18. The molecule has 0 aromatic heterocycles. The Morgan fingerprint density at radius 3 is 1.67 bits per heavy atom. The lowest BCUT2D eigenvalue weighted by molar-refractivity contribution is -0.147. The number of aliphatic carboxylic acids is 1. The summed E-state index contributed by atoms with van der Waals surface area (Å²) < 4.78 is 5.86. The highest BCUT2D eigenvalue weighted by atomic mass is 16.5. The zero-order chi connectivity index (χ0) is 40.5. The van der Waals surface area contributed by atoms with Crippen LogP contribution in [0.3, 0.4) is 0 Å². The first-order valence-electron chi connectivity index (χ1n) is 21.0. The van der Waals surface area contributed by atoms with Gasteiger partial charge in [0.15, 0.2) is 0 Å². The SMILES string of the molecule is CC/C=C\C/C=C\C/C=C\C/C=C\C/C=C\CCCCCCCC(=O)OC(/C=C\C/C=C\CCCC)CCCCCCC(=O)NCC(=O)NC(CO)C(=O)O. The van der Waals surface area contributed by atoms with Crippen molar-refractivity contribution >= 4 is 23.8 Å². The van der Waals surface area contributed by atoms with Gasteiger partial charge in [-0.3, -0.25) is 14.4 Å². The average molecular weight is 767 g/mol. The molecule has 0 rings (SSSR count). The number of carboxylic acids is 1. The van der Waals surface area contributed by atoms with Crippen molar-refractivity contribution in [2.45, 2.75) is 167 Å². The molecule has 55 heavy (non-hydrogen) atoms. The van der Waals surface area contributed by atoms with E-state index >= 15 is 0 Å². The minimum absolute atomic E-state index is 0.152. The number of ether oxygens (including phenoxy) is 1. The van der Waals surface area contributed by atoms with E-state index in [0.717, 1.165) is 109 Å². The van der Waals surface area contributed by atoms with Crippen molar-refractivity contribution in [3.8, 4) is 0 Å². The van der Waals surface area contributed by atoms with Gasteiger partial charge in [-0.1, -0.05) is 138 Å². The number of unbranched alkanes of at least 4 members (excludes halogenated alkanes) is 10. The number of nitrogens with one attached hydrogen (secondary N) is 2. The van der Waals surface area contributed by atoms with Crippen molar-refractivity contribution in [3.63, 3.8) is 0 Å². The number of carbonyl (C=O) groups excluding carboxylic acids is 3. The fourth-order valence-electron chi connectivity index (χ4n) is 5.38. The van der Waals surface area contributed by atoms with Crippen LogP contribution in [0, 0.1) is 0 Å². The first kappa shape index (κ1) is 51.0. The minimum Gasteiger partial charge on any atom is -0.480 e. The van der Waals surface area contributed by atoms with E-state index in [1.807, 2.05) is 6.08 Å². The van der Waals surface area contributed by atoms with Crippen LogP contribution in [0.4, 0.5) is 0 Å². The van der Waals surface area contributed by atoms with Crippen LogP contribution in [0.15, 0.2) is 85.1 Å². The van der Waals surface area contributed by atoms with Crippen LogP contribution in [0.2, 0.25) is 0 Å². The molecule has 0 saturated heterocycles. The second-order valence-electron chi connectivity index (χ2n) is 13.7. The van der Waals surface area contributed by atoms with E-state index in [-0.39, 0.29) is 30.9 Å². The number of aliphatic hydroxyl groups excluding tert-OH is 1. The van der Waals surface area contributed by atoms with Gasteiger partial charge < -0.3 is 25.6 Å². The maximum atomic E-state index is 12.7. The van der Waals surface area contributed by atoms with Gasteiger partial charge in [0, 0.05) is 12.8 Å². The minimum atomic E-state index is -1.40. The molecular weight excluding hydrogens is 693 g/mol. The lowest BCUT2D eigenvalue weighted by Gasteiger charge is -2.15. The smallest absolute Gasteiger partial charge is 0.328 e. The molecule has 310 valence electrons. The van der Waals surface area contributed by atoms with Crippen molar-refractivity contribution in [3.05, 3.63) is 85.1 Å². The summed E-state index contributed by atoms with van der Waals surface area (Å²) in [6.07, 6.45) is 50.6. The summed E-state index contributed by atoms with van der Waals surface area (Å²) in [7, 11) is 0. The van der Waals surface area contributed by atoms with E-state index in [0.29, 0.717) is 12.8 Å². The number of allylic oxidation sites excluding steroid dienone is 13. The maximum absolute atomic E-state index is 12.7. The van der Waals surface area contributed by atoms with Gasteiger partial charge in [0.05, 0.1) is 13.2 Å². The average Bonchev–Trinajstić information content (AvgIpc) is 3.17. The van der Waals surface area contributed by atoms with E-state index in [9.17, 15) is 19.2 Å². The Hall–Kier alpha value is -3.98. The molecule has 0 aliphatic carbocycles. The van der Waals surface area contributed by atoms with Crippen LogP contribution in [0.25, 0.3) is 0 Å². The molecule has 2 unspecified atom stereocenters. The topological polar surface area (TPSA) is 142 Å². The summed E-state index contributed by atoms with van der Waals surface area (Å²) in [6, 6.07) is -1.40. The zero-order valence-corrected chi connectivity index (χ0v) is 34.1. The molecule has 0 heterocycles. The quantitative estimate of drug-likeness (QED) is 0.0283. The normalized spacial score (nSPS) is 13.4. The number of carbonyl (C=O) groups is 4. The third-order valence-electron chi connectivity index (χ3n) is 8.61. The number of esters is 1. The summed E-state index contributed by atoms with van der Waals surface area (Å²) >= 11 is 0.